The summed E-state index contributed by atoms with van der Waals surface area (Å²) in [5.41, 5.74) is 0. The summed E-state index contributed by atoms with van der Waals surface area (Å²) in [5, 5.41) is 65.9. The van der Waals surface area contributed by atoms with Crippen LogP contribution in [0.3, 0.4) is 0 Å². The zero-order valence-electron chi connectivity index (χ0n) is 24.4. The van der Waals surface area contributed by atoms with Crippen LogP contribution in [0.25, 0.3) is 0 Å². The lowest BCUT2D eigenvalue weighted by Gasteiger charge is -2.42. The number of hydrogen-bond donors (Lipinski definition) is 8. The van der Waals surface area contributed by atoms with E-state index in [9.17, 15) is 40.2 Å². The molecule has 2 heterocycles. The molecule has 240 valence electrons. The SMILES string of the molecule is CCNC(=O)CCCCCN(CCC[C@@H]1O[C@@H](C)[C@@H](O)[C@@H](O)[C@@H]1O)CCO[C@@H]1O[C@H](CO)[C@@H](O)[C@H](O)[C@H]1NC(C)=O. The zero-order chi connectivity index (χ0) is 30.5. The molecule has 2 aliphatic heterocycles. The molecule has 14 nitrogen and oxygen atoms in total. The van der Waals surface area contributed by atoms with Gasteiger partial charge in [0.1, 0.15) is 42.7 Å². The molecule has 2 rings (SSSR count). The third kappa shape index (κ3) is 11.3. The first-order valence-corrected chi connectivity index (χ1v) is 14.7. The Labute approximate surface area is 242 Å². The van der Waals surface area contributed by atoms with Crippen LogP contribution in [0, 0.1) is 0 Å². The van der Waals surface area contributed by atoms with Gasteiger partial charge in [0.15, 0.2) is 6.29 Å². The van der Waals surface area contributed by atoms with Gasteiger partial charge in [-0.3, -0.25) is 9.59 Å². The van der Waals surface area contributed by atoms with Crippen LogP contribution >= 0.6 is 0 Å². The maximum absolute atomic E-state index is 11.7. The van der Waals surface area contributed by atoms with Crippen molar-refractivity contribution in [2.24, 2.45) is 0 Å². The van der Waals surface area contributed by atoms with E-state index in [0.29, 0.717) is 45.4 Å². The molecule has 41 heavy (non-hydrogen) atoms. The molecule has 0 unspecified atom stereocenters. The molecule has 14 heteroatoms. The minimum atomic E-state index is -1.40. The summed E-state index contributed by atoms with van der Waals surface area (Å²) < 4.78 is 17.2. The van der Waals surface area contributed by atoms with Crippen LogP contribution in [0.2, 0.25) is 0 Å². The standard InChI is InChI=1S/C27H51N3O11/c1-4-28-20(33)10-6-5-7-11-30(12-8-9-18-23(35)26(38)22(34)16(2)40-18)13-14-39-27-21(29-17(3)32)25(37)24(36)19(15-31)41-27/h16,18-19,21-27,31,34-38H,4-15H2,1-3H3,(H,28,33)(H,29,32)/t16-,18-,19+,21+,22+,23+,24+,25+,26+,27+/m0/s1. The molecule has 0 spiro atoms. The van der Waals surface area contributed by atoms with Crippen LogP contribution < -0.4 is 10.6 Å². The molecule has 2 fully saturated rings. The number of amides is 2. The number of ether oxygens (including phenoxy) is 3. The van der Waals surface area contributed by atoms with Crippen LogP contribution in [-0.4, -0.2) is 148 Å². The minimum absolute atomic E-state index is 0.0278. The predicted octanol–water partition coefficient (Wildman–Crippen LogP) is -2.40. The van der Waals surface area contributed by atoms with E-state index in [0.717, 1.165) is 19.3 Å². The number of rotatable bonds is 17. The summed E-state index contributed by atoms with van der Waals surface area (Å²) in [6.07, 6.45) is -5.80. The Bertz CT molecular complexity index is 779. The molecular formula is C27H51N3O11. The average Bonchev–Trinajstić information content (AvgIpc) is 2.93. The highest BCUT2D eigenvalue weighted by atomic mass is 16.7. The van der Waals surface area contributed by atoms with Gasteiger partial charge in [-0.25, -0.2) is 0 Å². The Kier molecular flexibility index (Phi) is 15.9. The van der Waals surface area contributed by atoms with Gasteiger partial charge in [0.2, 0.25) is 11.8 Å². The fraction of sp³-hybridized carbons (Fsp3) is 0.926. The van der Waals surface area contributed by atoms with Crippen LogP contribution in [0.15, 0.2) is 0 Å². The van der Waals surface area contributed by atoms with Gasteiger partial charge in [0.05, 0.1) is 25.4 Å². The maximum atomic E-state index is 11.7. The van der Waals surface area contributed by atoms with E-state index in [-0.39, 0.29) is 12.5 Å². The Morgan fingerprint density at radius 2 is 1.54 bits per heavy atom. The number of carbonyl (C=O) groups excluding carboxylic acids is 2. The van der Waals surface area contributed by atoms with Gasteiger partial charge in [-0.05, 0) is 52.6 Å². The first kappa shape index (κ1) is 35.7. The highest BCUT2D eigenvalue weighted by Crippen LogP contribution is 2.25. The van der Waals surface area contributed by atoms with Gasteiger partial charge in [-0.2, -0.15) is 0 Å². The van der Waals surface area contributed by atoms with E-state index in [1.165, 1.54) is 6.92 Å². The zero-order valence-corrected chi connectivity index (χ0v) is 24.4. The van der Waals surface area contributed by atoms with Crippen molar-refractivity contribution in [3.05, 3.63) is 0 Å². The van der Waals surface area contributed by atoms with E-state index in [1.54, 1.807) is 6.92 Å². The molecule has 10 atom stereocenters. The lowest BCUT2D eigenvalue weighted by molar-refractivity contribution is -0.270. The van der Waals surface area contributed by atoms with Gasteiger partial charge in [0, 0.05) is 26.4 Å². The first-order valence-electron chi connectivity index (χ1n) is 14.7. The van der Waals surface area contributed by atoms with Crippen molar-refractivity contribution in [3.8, 4) is 0 Å². The lowest BCUT2D eigenvalue weighted by atomic mass is 9.93. The second kappa shape index (κ2) is 18.3. The lowest BCUT2D eigenvalue weighted by Crippen LogP contribution is -2.64. The van der Waals surface area contributed by atoms with Crippen molar-refractivity contribution in [3.63, 3.8) is 0 Å². The number of unbranched alkanes of at least 4 members (excludes halogenated alkanes) is 2. The maximum Gasteiger partial charge on any atom is 0.219 e. The van der Waals surface area contributed by atoms with Gasteiger partial charge < -0.3 is 60.4 Å². The molecule has 2 saturated heterocycles. The molecule has 0 aromatic carbocycles. The quantitative estimate of drug-likeness (QED) is 0.0830. The largest absolute Gasteiger partial charge is 0.394 e. The monoisotopic (exact) mass is 593 g/mol. The van der Waals surface area contributed by atoms with Crippen molar-refractivity contribution >= 4 is 11.8 Å². The van der Waals surface area contributed by atoms with Crippen molar-refractivity contribution in [1.29, 1.82) is 0 Å². The summed E-state index contributed by atoms with van der Waals surface area (Å²) in [5.74, 6) is -0.408. The number of nitrogens with zero attached hydrogens (tertiary/aromatic N) is 1. The van der Waals surface area contributed by atoms with Crippen LogP contribution in [0.4, 0.5) is 0 Å². The number of carbonyl (C=O) groups is 2. The normalized spacial score (nSPS) is 34.0. The van der Waals surface area contributed by atoms with Gasteiger partial charge in [-0.1, -0.05) is 6.42 Å². The number of hydrogen-bond acceptors (Lipinski definition) is 12. The van der Waals surface area contributed by atoms with Crippen LogP contribution in [0.1, 0.15) is 59.3 Å². The fourth-order valence-corrected chi connectivity index (χ4v) is 5.22. The molecule has 0 radical (unpaired) electrons. The molecule has 2 aliphatic rings. The van der Waals surface area contributed by atoms with Crippen molar-refractivity contribution in [2.45, 2.75) is 120 Å². The van der Waals surface area contributed by atoms with E-state index >= 15 is 0 Å². The third-order valence-corrected chi connectivity index (χ3v) is 7.61. The van der Waals surface area contributed by atoms with Crippen LogP contribution in [-0.2, 0) is 23.8 Å². The van der Waals surface area contributed by atoms with Gasteiger partial charge in [-0.15, -0.1) is 0 Å². The Morgan fingerprint density at radius 3 is 2.20 bits per heavy atom. The summed E-state index contributed by atoms with van der Waals surface area (Å²) in [4.78, 5) is 25.5. The highest BCUT2D eigenvalue weighted by Gasteiger charge is 2.45. The fourth-order valence-electron chi connectivity index (χ4n) is 5.22. The van der Waals surface area contributed by atoms with E-state index < -0.39 is 73.7 Å². The second-order valence-electron chi connectivity index (χ2n) is 10.9. The van der Waals surface area contributed by atoms with Crippen LogP contribution in [0.5, 0.6) is 0 Å². The molecule has 0 bridgehead atoms. The smallest absolute Gasteiger partial charge is 0.219 e. The Balaban J connectivity index is 1.93. The number of aliphatic hydroxyl groups is 6. The van der Waals surface area contributed by atoms with Crippen molar-refractivity contribution in [1.82, 2.24) is 15.5 Å². The Morgan fingerprint density at radius 1 is 0.854 bits per heavy atom. The number of nitrogens with one attached hydrogen (secondary N) is 2. The molecule has 0 aliphatic carbocycles. The third-order valence-electron chi connectivity index (χ3n) is 7.61. The van der Waals surface area contributed by atoms with Crippen molar-refractivity contribution < 1.29 is 54.4 Å². The molecule has 2 amide bonds. The summed E-state index contributed by atoms with van der Waals surface area (Å²) in [6, 6.07) is -1.03. The van der Waals surface area contributed by atoms with E-state index in [1.807, 2.05) is 6.92 Å². The molecular weight excluding hydrogens is 542 g/mol. The van der Waals surface area contributed by atoms with Gasteiger partial charge in [0.25, 0.3) is 0 Å². The molecule has 0 saturated carbocycles. The number of aliphatic hydroxyl groups excluding tert-OH is 6. The molecule has 0 aromatic heterocycles. The predicted molar refractivity (Wildman–Crippen MR) is 146 cm³/mol. The first-order chi connectivity index (χ1) is 19.5. The minimum Gasteiger partial charge on any atom is -0.394 e. The highest BCUT2D eigenvalue weighted by molar-refractivity contribution is 5.75. The van der Waals surface area contributed by atoms with E-state index in [4.69, 9.17) is 14.2 Å². The summed E-state index contributed by atoms with van der Waals surface area (Å²) >= 11 is 0. The molecule has 8 N–H and O–H groups in total. The average molecular weight is 594 g/mol. The summed E-state index contributed by atoms with van der Waals surface area (Å²) in [7, 11) is 0. The van der Waals surface area contributed by atoms with Crippen molar-refractivity contribution in [2.75, 3.05) is 39.4 Å². The van der Waals surface area contributed by atoms with E-state index in [2.05, 4.69) is 15.5 Å². The Hall–Kier alpha value is -1.46. The topological polar surface area (TPSA) is 211 Å². The molecule has 0 aromatic rings. The second-order valence-corrected chi connectivity index (χ2v) is 10.9. The summed E-state index contributed by atoms with van der Waals surface area (Å²) in [6.45, 7) is 6.79. The van der Waals surface area contributed by atoms with Gasteiger partial charge >= 0.3 is 0 Å².